The molecule has 104 valence electrons. The molecule has 1 aromatic rings. The van der Waals surface area contributed by atoms with Crippen molar-refractivity contribution < 1.29 is 19.8 Å². The maximum Gasteiger partial charge on any atom is 0.325 e. The van der Waals surface area contributed by atoms with Crippen LogP contribution in [0.4, 0.5) is 0 Å². The van der Waals surface area contributed by atoms with Crippen LogP contribution in [0.1, 0.15) is 24.1 Å². The van der Waals surface area contributed by atoms with Crippen LogP contribution in [0.5, 0.6) is 5.75 Å². The number of amides is 1. The second-order valence-electron chi connectivity index (χ2n) is 4.27. The first-order valence-corrected chi connectivity index (χ1v) is 5.92. The number of aromatic hydroxyl groups is 1. The van der Waals surface area contributed by atoms with Crippen LogP contribution < -0.4 is 10.6 Å². The molecule has 0 aliphatic carbocycles. The van der Waals surface area contributed by atoms with Gasteiger partial charge in [-0.15, -0.1) is 0 Å². The van der Waals surface area contributed by atoms with Crippen molar-refractivity contribution in [2.75, 3.05) is 13.1 Å². The SMILES string of the molecule is CC(=O)NCCNC(C(=O)O)c1cc(C)ccc1O. The third-order valence-electron chi connectivity index (χ3n) is 2.59. The number of nitrogens with one attached hydrogen (secondary N) is 2. The Labute approximate surface area is 111 Å². The highest BCUT2D eigenvalue weighted by molar-refractivity contribution is 5.77. The van der Waals surface area contributed by atoms with Gasteiger partial charge in [0.1, 0.15) is 11.8 Å². The van der Waals surface area contributed by atoms with Gasteiger partial charge in [0, 0.05) is 25.6 Å². The fourth-order valence-electron chi connectivity index (χ4n) is 1.69. The van der Waals surface area contributed by atoms with E-state index in [2.05, 4.69) is 10.6 Å². The second kappa shape index (κ2) is 6.75. The van der Waals surface area contributed by atoms with Gasteiger partial charge < -0.3 is 15.5 Å². The fraction of sp³-hybridized carbons (Fsp3) is 0.385. The number of carbonyl (C=O) groups is 2. The summed E-state index contributed by atoms with van der Waals surface area (Å²) in [7, 11) is 0. The largest absolute Gasteiger partial charge is 0.508 e. The molecule has 0 heterocycles. The van der Waals surface area contributed by atoms with Gasteiger partial charge in [0.15, 0.2) is 0 Å². The summed E-state index contributed by atoms with van der Waals surface area (Å²) >= 11 is 0. The Kier molecular flexibility index (Phi) is 5.32. The third-order valence-corrected chi connectivity index (χ3v) is 2.59. The van der Waals surface area contributed by atoms with Crippen molar-refractivity contribution in [3.8, 4) is 5.75 Å². The number of carbonyl (C=O) groups excluding carboxylic acids is 1. The molecule has 0 saturated carbocycles. The van der Waals surface area contributed by atoms with E-state index in [-0.39, 0.29) is 11.7 Å². The normalized spacial score (nSPS) is 11.9. The number of hydrogen-bond acceptors (Lipinski definition) is 4. The predicted molar refractivity (Wildman–Crippen MR) is 69.9 cm³/mol. The number of phenolic OH excluding ortho intramolecular Hbond substituents is 1. The highest BCUT2D eigenvalue weighted by Crippen LogP contribution is 2.25. The third kappa shape index (κ3) is 4.59. The van der Waals surface area contributed by atoms with E-state index in [9.17, 15) is 19.8 Å². The Balaban J connectivity index is 2.74. The Hall–Kier alpha value is -2.08. The van der Waals surface area contributed by atoms with E-state index in [0.29, 0.717) is 18.7 Å². The van der Waals surface area contributed by atoms with Gasteiger partial charge in [0.25, 0.3) is 0 Å². The van der Waals surface area contributed by atoms with Crippen LogP contribution >= 0.6 is 0 Å². The smallest absolute Gasteiger partial charge is 0.325 e. The van der Waals surface area contributed by atoms with Crippen LogP contribution in [0.25, 0.3) is 0 Å². The lowest BCUT2D eigenvalue weighted by atomic mass is 10.0. The van der Waals surface area contributed by atoms with E-state index in [4.69, 9.17) is 0 Å². The molecule has 6 heteroatoms. The van der Waals surface area contributed by atoms with E-state index in [1.165, 1.54) is 13.0 Å². The number of hydrogen-bond donors (Lipinski definition) is 4. The minimum Gasteiger partial charge on any atom is -0.508 e. The summed E-state index contributed by atoms with van der Waals surface area (Å²) in [4.78, 5) is 21.9. The summed E-state index contributed by atoms with van der Waals surface area (Å²) in [6, 6.07) is 3.79. The molecule has 4 N–H and O–H groups in total. The monoisotopic (exact) mass is 266 g/mol. The van der Waals surface area contributed by atoms with Crippen LogP contribution in [0.15, 0.2) is 18.2 Å². The van der Waals surface area contributed by atoms with E-state index in [1.807, 2.05) is 6.92 Å². The number of rotatable bonds is 6. The lowest BCUT2D eigenvalue weighted by Gasteiger charge is -2.16. The number of benzene rings is 1. The summed E-state index contributed by atoms with van der Waals surface area (Å²) < 4.78 is 0. The van der Waals surface area contributed by atoms with Gasteiger partial charge in [0.05, 0.1) is 0 Å². The molecule has 6 nitrogen and oxygen atoms in total. The Bertz CT molecular complexity index is 474. The molecule has 1 unspecified atom stereocenters. The average molecular weight is 266 g/mol. The van der Waals surface area contributed by atoms with E-state index in [1.54, 1.807) is 12.1 Å². The standard InChI is InChI=1S/C13H18N2O4/c1-8-3-4-11(17)10(7-8)12(13(18)19)15-6-5-14-9(2)16/h3-4,7,12,15,17H,5-6H2,1-2H3,(H,14,16)(H,18,19). The van der Waals surface area contributed by atoms with Gasteiger partial charge in [-0.2, -0.15) is 0 Å². The topological polar surface area (TPSA) is 98.7 Å². The first kappa shape index (κ1) is 15.0. The van der Waals surface area contributed by atoms with Crippen LogP contribution in [-0.4, -0.2) is 35.2 Å². The van der Waals surface area contributed by atoms with Gasteiger partial charge >= 0.3 is 5.97 Å². The zero-order valence-electron chi connectivity index (χ0n) is 10.9. The Morgan fingerprint density at radius 2 is 2.00 bits per heavy atom. The second-order valence-corrected chi connectivity index (χ2v) is 4.27. The molecule has 0 aliphatic rings. The fourth-order valence-corrected chi connectivity index (χ4v) is 1.69. The minimum atomic E-state index is -1.08. The molecular weight excluding hydrogens is 248 g/mol. The summed E-state index contributed by atoms with van der Waals surface area (Å²) in [5, 5.41) is 24.3. The van der Waals surface area contributed by atoms with Crippen molar-refractivity contribution in [2.24, 2.45) is 0 Å². The molecule has 0 bridgehead atoms. The molecule has 1 amide bonds. The zero-order valence-corrected chi connectivity index (χ0v) is 10.9. The Morgan fingerprint density at radius 3 is 2.58 bits per heavy atom. The maximum atomic E-state index is 11.2. The highest BCUT2D eigenvalue weighted by atomic mass is 16.4. The number of carboxylic acids is 1. The van der Waals surface area contributed by atoms with Crippen molar-refractivity contribution >= 4 is 11.9 Å². The lowest BCUT2D eigenvalue weighted by molar-refractivity contribution is -0.139. The van der Waals surface area contributed by atoms with Gasteiger partial charge in [-0.25, -0.2) is 0 Å². The number of carboxylic acid groups (broad SMARTS) is 1. The highest BCUT2D eigenvalue weighted by Gasteiger charge is 2.22. The molecule has 0 aromatic heterocycles. The first-order valence-electron chi connectivity index (χ1n) is 5.92. The molecule has 1 rings (SSSR count). The van der Waals surface area contributed by atoms with E-state index >= 15 is 0 Å². The van der Waals surface area contributed by atoms with Crippen LogP contribution in [0, 0.1) is 6.92 Å². The molecule has 0 radical (unpaired) electrons. The lowest BCUT2D eigenvalue weighted by Crippen LogP contribution is -2.35. The number of phenols is 1. The van der Waals surface area contributed by atoms with E-state index in [0.717, 1.165) is 5.56 Å². The molecule has 0 fully saturated rings. The van der Waals surface area contributed by atoms with Crippen molar-refractivity contribution in [1.29, 1.82) is 0 Å². The summed E-state index contributed by atoms with van der Waals surface area (Å²) in [6.07, 6.45) is 0. The van der Waals surface area contributed by atoms with Crippen LogP contribution in [0.2, 0.25) is 0 Å². The van der Waals surface area contributed by atoms with Gasteiger partial charge in [-0.05, 0) is 13.0 Å². The quantitative estimate of drug-likeness (QED) is 0.564. The molecule has 0 spiro atoms. The average Bonchev–Trinajstić information content (AvgIpc) is 2.32. The Morgan fingerprint density at radius 1 is 1.32 bits per heavy atom. The zero-order chi connectivity index (χ0) is 14.4. The predicted octanol–water partition coefficient (Wildman–Crippen LogP) is 0.552. The van der Waals surface area contributed by atoms with Crippen molar-refractivity contribution in [3.05, 3.63) is 29.3 Å². The van der Waals surface area contributed by atoms with Gasteiger partial charge in [-0.1, -0.05) is 17.7 Å². The van der Waals surface area contributed by atoms with Gasteiger partial charge in [0.2, 0.25) is 5.91 Å². The van der Waals surface area contributed by atoms with Crippen molar-refractivity contribution in [3.63, 3.8) is 0 Å². The summed E-state index contributed by atoms with van der Waals surface area (Å²) in [6.45, 7) is 3.83. The number of aliphatic carboxylic acids is 1. The van der Waals surface area contributed by atoms with Crippen molar-refractivity contribution in [1.82, 2.24) is 10.6 Å². The molecular formula is C13H18N2O4. The molecule has 0 saturated heterocycles. The van der Waals surface area contributed by atoms with E-state index < -0.39 is 12.0 Å². The maximum absolute atomic E-state index is 11.2. The number of aryl methyl sites for hydroxylation is 1. The first-order chi connectivity index (χ1) is 8.91. The summed E-state index contributed by atoms with van der Waals surface area (Å²) in [5.41, 5.74) is 1.18. The molecule has 19 heavy (non-hydrogen) atoms. The van der Waals surface area contributed by atoms with Crippen molar-refractivity contribution in [2.45, 2.75) is 19.9 Å². The minimum absolute atomic E-state index is 0.0648. The van der Waals surface area contributed by atoms with Crippen LogP contribution in [0.3, 0.4) is 0 Å². The molecule has 0 aliphatic heterocycles. The molecule has 1 atom stereocenters. The summed E-state index contributed by atoms with van der Waals surface area (Å²) in [5.74, 6) is -1.32. The van der Waals surface area contributed by atoms with Gasteiger partial charge in [-0.3, -0.25) is 14.9 Å². The molecule has 1 aromatic carbocycles. The van der Waals surface area contributed by atoms with Crippen LogP contribution in [-0.2, 0) is 9.59 Å².